The van der Waals surface area contributed by atoms with Gasteiger partial charge in [-0.05, 0) is 29.9 Å². The van der Waals surface area contributed by atoms with E-state index in [9.17, 15) is 5.11 Å². The Morgan fingerprint density at radius 1 is 1.25 bits per heavy atom. The SMILES string of the molecule is CC(C)c1ccc(C2(O)CCCOC2)cc1. The molecule has 0 saturated carbocycles. The Morgan fingerprint density at radius 2 is 1.94 bits per heavy atom. The Balaban J connectivity index is 2.20. The van der Waals surface area contributed by atoms with Crippen molar-refractivity contribution >= 4 is 0 Å². The monoisotopic (exact) mass is 220 g/mol. The van der Waals surface area contributed by atoms with Crippen LogP contribution in [0.4, 0.5) is 0 Å². The first kappa shape index (κ1) is 11.6. The van der Waals surface area contributed by atoms with Crippen LogP contribution in [0.5, 0.6) is 0 Å². The van der Waals surface area contributed by atoms with Gasteiger partial charge in [0.25, 0.3) is 0 Å². The predicted octanol–water partition coefficient (Wildman–Crippen LogP) is 2.81. The van der Waals surface area contributed by atoms with E-state index in [1.165, 1.54) is 5.56 Å². The van der Waals surface area contributed by atoms with Gasteiger partial charge in [-0.2, -0.15) is 0 Å². The highest BCUT2D eigenvalue weighted by atomic mass is 16.5. The normalized spacial score (nSPS) is 26.0. The van der Waals surface area contributed by atoms with Crippen LogP contribution in [0.2, 0.25) is 0 Å². The van der Waals surface area contributed by atoms with Crippen LogP contribution in [0.1, 0.15) is 43.7 Å². The van der Waals surface area contributed by atoms with Gasteiger partial charge in [0.05, 0.1) is 6.61 Å². The number of aliphatic hydroxyl groups is 1. The Kier molecular flexibility index (Phi) is 3.31. The van der Waals surface area contributed by atoms with Crippen LogP contribution in [0.3, 0.4) is 0 Å². The summed E-state index contributed by atoms with van der Waals surface area (Å²) in [5.74, 6) is 0.534. The van der Waals surface area contributed by atoms with Crippen molar-refractivity contribution in [1.82, 2.24) is 0 Å². The van der Waals surface area contributed by atoms with Crippen molar-refractivity contribution in [3.63, 3.8) is 0 Å². The smallest absolute Gasteiger partial charge is 0.113 e. The molecule has 1 heterocycles. The van der Waals surface area contributed by atoms with Crippen molar-refractivity contribution in [2.75, 3.05) is 13.2 Å². The molecule has 1 aliphatic heterocycles. The zero-order valence-electron chi connectivity index (χ0n) is 10.1. The topological polar surface area (TPSA) is 29.5 Å². The quantitative estimate of drug-likeness (QED) is 0.830. The fourth-order valence-corrected chi connectivity index (χ4v) is 2.19. The first-order valence-corrected chi connectivity index (χ1v) is 6.02. The lowest BCUT2D eigenvalue weighted by Crippen LogP contribution is -2.35. The number of ether oxygens (including phenoxy) is 1. The van der Waals surface area contributed by atoms with Gasteiger partial charge < -0.3 is 9.84 Å². The van der Waals surface area contributed by atoms with Crippen LogP contribution >= 0.6 is 0 Å². The van der Waals surface area contributed by atoms with Crippen LogP contribution in [0.15, 0.2) is 24.3 Å². The van der Waals surface area contributed by atoms with Crippen LogP contribution in [-0.2, 0) is 10.3 Å². The molecule has 0 radical (unpaired) electrons. The van der Waals surface area contributed by atoms with Gasteiger partial charge in [-0.1, -0.05) is 38.1 Å². The minimum absolute atomic E-state index is 0.425. The van der Waals surface area contributed by atoms with Crippen molar-refractivity contribution in [3.8, 4) is 0 Å². The molecule has 1 N–H and O–H groups in total. The lowest BCUT2D eigenvalue weighted by Gasteiger charge is -2.32. The molecular formula is C14H20O2. The van der Waals surface area contributed by atoms with Gasteiger partial charge in [-0.25, -0.2) is 0 Å². The summed E-state index contributed by atoms with van der Waals surface area (Å²) < 4.78 is 5.37. The first-order chi connectivity index (χ1) is 7.62. The Morgan fingerprint density at radius 3 is 2.44 bits per heavy atom. The van der Waals surface area contributed by atoms with Crippen LogP contribution in [0, 0.1) is 0 Å². The molecule has 1 atom stereocenters. The molecule has 88 valence electrons. The molecule has 1 aromatic rings. The van der Waals surface area contributed by atoms with Crippen molar-refractivity contribution in [3.05, 3.63) is 35.4 Å². The first-order valence-electron chi connectivity index (χ1n) is 6.02. The Bertz CT molecular complexity index is 334. The molecule has 1 saturated heterocycles. The summed E-state index contributed by atoms with van der Waals surface area (Å²) in [6.07, 6.45) is 1.73. The van der Waals surface area contributed by atoms with Gasteiger partial charge in [-0.15, -0.1) is 0 Å². The van der Waals surface area contributed by atoms with E-state index >= 15 is 0 Å². The molecule has 0 bridgehead atoms. The second-order valence-electron chi connectivity index (χ2n) is 4.96. The lowest BCUT2D eigenvalue weighted by atomic mass is 9.87. The van der Waals surface area contributed by atoms with E-state index in [0.717, 1.165) is 25.0 Å². The van der Waals surface area contributed by atoms with Crippen molar-refractivity contribution in [2.45, 2.75) is 38.2 Å². The third-order valence-corrected chi connectivity index (χ3v) is 3.33. The molecule has 2 heteroatoms. The van der Waals surface area contributed by atoms with E-state index in [-0.39, 0.29) is 0 Å². The maximum absolute atomic E-state index is 10.4. The van der Waals surface area contributed by atoms with E-state index in [2.05, 4.69) is 26.0 Å². The molecule has 1 unspecified atom stereocenters. The van der Waals surface area contributed by atoms with E-state index < -0.39 is 5.60 Å². The number of rotatable bonds is 2. The minimum atomic E-state index is -0.770. The summed E-state index contributed by atoms with van der Waals surface area (Å²) >= 11 is 0. The highest BCUT2D eigenvalue weighted by molar-refractivity contribution is 5.29. The van der Waals surface area contributed by atoms with Crippen molar-refractivity contribution < 1.29 is 9.84 Å². The minimum Gasteiger partial charge on any atom is -0.383 e. The zero-order valence-corrected chi connectivity index (χ0v) is 10.1. The largest absolute Gasteiger partial charge is 0.383 e. The van der Waals surface area contributed by atoms with E-state index in [1.807, 2.05) is 12.1 Å². The molecule has 1 aromatic carbocycles. The fraction of sp³-hybridized carbons (Fsp3) is 0.571. The summed E-state index contributed by atoms with van der Waals surface area (Å²) in [4.78, 5) is 0. The second kappa shape index (κ2) is 4.56. The summed E-state index contributed by atoms with van der Waals surface area (Å²) in [5.41, 5.74) is 1.52. The van der Waals surface area contributed by atoms with Crippen molar-refractivity contribution in [2.24, 2.45) is 0 Å². The average molecular weight is 220 g/mol. The summed E-state index contributed by atoms with van der Waals surface area (Å²) in [6.45, 7) is 5.54. The van der Waals surface area contributed by atoms with Crippen molar-refractivity contribution in [1.29, 1.82) is 0 Å². The van der Waals surface area contributed by atoms with Crippen LogP contribution < -0.4 is 0 Å². The highest BCUT2D eigenvalue weighted by Gasteiger charge is 2.31. The molecular weight excluding hydrogens is 200 g/mol. The van der Waals surface area contributed by atoms with Gasteiger partial charge in [0.2, 0.25) is 0 Å². The molecule has 0 amide bonds. The maximum Gasteiger partial charge on any atom is 0.113 e. The molecule has 1 fully saturated rings. The van der Waals surface area contributed by atoms with Gasteiger partial charge in [0.15, 0.2) is 0 Å². The van der Waals surface area contributed by atoms with E-state index in [0.29, 0.717) is 12.5 Å². The molecule has 2 nitrogen and oxygen atoms in total. The van der Waals surface area contributed by atoms with Gasteiger partial charge >= 0.3 is 0 Å². The molecule has 0 aliphatic carbocycles. The summed E-state index contributed by atoms with van der Waals surface area (Å²) in [7, 11) is 0. The van der Waals surface area contributed by atoms with Crippen LogP contribution in [0.25, 0.3) is 0 Å². The molecule has 0 aromatic heterocycles. The lowest BCUT2D eigenvalue weighted by molar-refractivity contribution is -0.0902. The molecule has 16 heavy (non-hydrogen) atoms. The number of benzene rings is 1. The molecule has 2 rings (SSSR count). The van der Waals surface area contributed by atoms with Gasteiger partial charge in [0.1, 0.15) is 5.60 Å². The summed E-state index contributed by atoms with van der Waals surface area (Å²) in [6, 6.07) is 8.27. The second-order valence-corrected chi connectivity index (χ2v) is 4.96. The molecule has 1 aliphatic rings. The average Bonchev–Trinajstić information content (AvgIpc) is 2.30. The van der Waals surface area contributed by atoms with E-state index in [4.69, 9.17) is 4.74 Å². The number of hydrogen-bond donors (Lipinski definition) is 1. The standard InChI is InChI=1S/C14H20O2/c1-11(2)12-4-6-13(7-5-12)14(15)8-3-9-16-10-14/h4-7,11,15H,3,8-10H2,1-2H3. The van der Waals surface area contributed by atoms with Gasteiger partial charge in [-0.3, -0.25) is 0 Å². The third-order valence-electron chi connectivity index (χ3n) is 3.33. The third kappa shape index (κ3) is 2.28. The predicted molar refractivity (Wildman–Crippen MR) is 64.5 cm³/mol. The number of hydrogen-bond acceptors (Lipinski definition) is 2. The Labute approximate surface area is 97.3 Å². The zero-order chi connectivity index (χ0) is 11.6. The summed E-state index contributed by atoms with van der Waals surface area (Å²) in [5, 5.41) is 10.4. The fourth-order valence-electron chi connectivity index (χ4n) is 2.19. The van der Waals surface area contributed by atoms with Gasteiger partial charge in [0, 0.05) is 6.61 Å². The Hall–Kier alpha value is -0.860. The van der Waals surface area contributed by atoms with Crippen LogP contribution in [-0.4, -0.2) is 18.3 Å². The van der Waals surface area contributed by atoms with E-state index in [1.54, 1.807) is 0 Å². The maximum atomic E-state index is 10.4. The molecule has 0 spiro atoms. The highest BCUT2D eigenvalue weighted by Crippen LogP contribution is 2.30.